The molecule has 3 nitrogen and oxygen atoms in total. The van der Waals surface area contributed by atoms with Crippen LogP contribution in [0.2, 0.25) is 0 Å². The van der Waals surface area contributed by atoms with E-state index in [-0.39, 0.29) is 0 Å². The highest BCUT2D eigenvalue weighted by Gasteiger charge is 2.14. The highest BCUT2D eigenvalue weighted by molar-refractivity contribution is 5.80. The second-order valence-electron chi connectivity index (χ2n) is 5.54. The van der Waals surface area contributed by atoms with Gasteiger partial charge in [-0.15, -0.1) is 0 Å². The summed E-state index contributed by atoms with van der Waals surface area (Å²) in [5.74, 6) is 0.711. The lowest BCUT2D eigenvalue weighted by molar-refractivity contribution is 0.617. The molecule has 1 aliphatic rings. The van der Waals surface area contributed by atoms with Gasteiger partial charge in [-0.2, -0.15) is 0 Å². The molecule has 0 saturated carbocycles. The number of oxazole rings is 1. The smallest absolute Gasteiger partial charge is 0.227 e. The van der Waals surface area contributed by atoms with Gasteiger partial charge in [-0.1, -0.05) is 12.1 Å². The van der Waals surface area contributed by atoms with Crippen LogP contribution < -0.4 is 5.32 Å². The van der Waals surface area contributed by atoms with Gasteiger partial charge in [0.15, 0.2) is 5.58 Å². The number of aromatic nitrogens is 1. The van der Waals surface area contributed by atoms with Crippen LogP contribution in [0, 0.1) is 13.8 Å². The normalized spacial score (nSPS) is 13.9. The standard InChI is InChI=1S/C17H16N2O/c1-10-5-11(2)16-15(6-10)19-17(20-16)12-3-4-13-8-18-9-14(13)7-12/h3-7,18H,8-9H2,1-2H3. The van der Waals surface area contributed by atoms with E-state index in [9.17, 15) is 0 Å². The second-order valence-corrected chi connectivity index (χ2v) is 5.54. The van der Waals surface area contributed by atoms with Crippen molar-refractivity contribution < 1.29 is 4.42 Å². The molecule has 0 amide bonds. The van der Waals surface area contributed by atoms with E-state index in [1.54, 1.807) is 0 Å². The molecule has 4 rings (SSSR count). The Kier molecular flexibility index (Phi) is 2.44. The molecule has 1 aliphatic heterocycles. The lowest BCUT2D eigenvalue weighted by atomic mass is 10.1. The number of hydrogen-bond donors (Lipinski definition) is 1. The maximum Gasteiger partial charge on any atom is 0.227 e. The molecule has 0 fully saturated rings. The molecule has 0 spiro atoms. The van der Waals surface area contributed by atoms with Crippen molar-refractivity contribution in [1.82, 2.24) is 10.3 Å². The van der Waals surface area contributed by atoms with Crippen molar-refractivity contribution in [3.05, 3.63) is 52.6 Å². The van der Waals surface area contributed by atoms with E-state index in [1.807, 2.05) is 0 Å². The lowest BCUT2D eigenvalue weighted by Gasteiger charge is -2.00. The van der Waals surface area contributed by atoms with Crippen molar-refractivity contribution in [2.45, 2.75) is 26.9 Å². The Labute approximate surface area is 117 Å². The van der Waals surface area contributed by atoms with Crippen molar-refractivity contribution in [3.8, 4) is 11.5 Å². The van der Waals surface area contributed by atoms with Crippen molar-refractivity contribution in [2.24, 2.45) is 0 Å². The molecule has 3 heteroatoms. The summed E-state index contributed by atoms with van der Waals surface area (Å²) in [4.78, 5) is 4.64. The lowest BCUT2D eigenvalue weighted by Crippen LogP contribution is -1.99. The number of benzene rings is 2. The predicted octanol–water partition coefficient (Wildman–Crippen LogP) is 3.71. The topological polar surface area (TPSA) is 38.1 Å². The number of hydrogen-bond acceptors (Lipinski definition) is 3. The van der Waals surface area contributed by atoms with Gasteiger partial charge in [-0.3, -0.25) is 0 Å². The molecule has 0 radical (unpaired) electrons. The van der Waals surface area contributed by atoms with Crippen LogP contribution in [-0.4, -0.2) is 4.98 Å². The first-order chi connectivity index (χ1) is 9.70. The summed E-state index contributed by atoms with van der Waals surface area (Å²) in [6.07, 6.45) is 0. The highest BCUT2D eigenvalue weighted by Crippen LogP contribution is 2.29. The number of aryl methyl sites for hydroxylation is 2. The van der Waals surface area contributed by atoms with Crippen LogP contribution >= 0.6 is 0 Å². The Morgan fingerprint density at radius 1 is 1.05 bits per heavy atom. The van der Waals surface area contributed by atoms with Crippen molar-refractivity contribution >= 4 is 11.1 Å². The number of nitrogens with zero attached hydrogens (tertiary/aromatic N) is 1. The zero-order valence-corrected chi connectivity index (χ0v) is 11.7. The molecule has 1 N–H and O–H groups in total. The molecule has 20 heavy (non-hydrogen) atoms. The van der Waals surface area contributed by atoms with Crippen LogP contribution in [0.3, 0.4) is 0 Å². The molecule has 0 saturated heterocycles. The molecule has 0 atom stereocenters. The fourth-order valence-electron chi connectivity index (χ4n) is 2.93. The van der Waals surface area contributed by atoms with E-state index >= 15 is 0 Å². The van der Waals surface area contributed by atoms with E-state index in [0.717, 1.165) is 35.3 Å². The van der Waals surface area contributed by atoms with Gasteiger partial charge in [0.05, 0.1) is 0 Å². The largest absolute Gasteiger partial charge is 0.436 e. The van der Waals surface area contributed by atoms with E-state index in [0.29, 0.717) is 5.89 Å². The van der Waals surface area contributed by atoms with Gasteiger partial charge in [-0.05, 0) is 54.3 Å². The van der Waals surface area contributed by atoms with E-state index in [4.69, 9.17) is 4.42 Å². The van der Waals surface area contributed by atoms with Crippen LogP contribution in [0.25, 0.3) is 22.6 Å². The predicted molar refractivity (Wildman–Crippen MR) is 79.5 cm³/mol. The Hall–Kier alpha value is -2.13. The maximum atomic E-state index is 5.97. The Balaban J connectivity index is 1.88. The fraction of sp³-hybridized carbons (Fsp3) is 0.235. The third-order valence-corrected chi connectivity index (χ3v) is 3.90. The molecule has 3 aromatic rings. The molecule has 0 aliphatic carbocycles. The number of rotatable bonds is 1. The van der Waals surface area contributed by atoms with E-state index < -0.39 is 0 Å². The second kappa shape index (κ2) is 4.18. The Morgan fingerprint density at radius 2 is 1.90 bits per heavy atom. The summed E-state index contributed by atoms with van der Waals surface area (Å²) in [5, 5.41) is 3.36. The zero-order chi connectivity index (χ0) is 13.7. The SMILES string of the molecule is Cc1cc(C)c2oc(-c3ccc4c(c3)CNC4)nc2c1. The summed E-state index contributed by atoms with van der Waals surface area (Å²) < 4.78 is 5.97. The quantitative estimate of drug-likeness (QED) is 0.728. The van der Waals surface area contributed by atoms with Gasteiger partial charge in [0.1, 0.15) is 5.52 Å². The molecule has 2 aromatic carbocycles. The Bertz CT molecular complexity index is 817. The average Bonchev–Trinajstić information content (AvgIpc) is 3.03. The van der Waals surface area contributed by atoms with Crippen molar-refractivity contribution in [2.75, 3.05) is 0 Å². The minimum Gasteiger partial charge on any atom is -0.436 e. The molecule has 100 valence electrons. The minimum atomic E-state index is 0.711. The summed E-state index contributed by atoms with van der Waals surface area (Å²) in [6, 6.07) is 10.6. The van der Waals surface area contributed by atoms with Crippen molar-refractivity contribution in [1.29, 1.82) is 0 Å². The third-order valence-electron chi connectivity index (χ3n) is 3.90. The summed E-state index contributed by atoms with van der Waals surface area (Å²) in [5.41, 5.74) is 7.96. The number of fused-ring (bicyclic) bond motifs is 2. The monoisotopic (exact) mass is 264 g/mol. The molecular formula is C17H16N2O. The zero-order valence-electron chi connectivity index (χ0n) is 11.7. The van der Waals surface area contributed by atoms with Gasteiger partial charge < -0.3 is 9.73 Å². The van der Waals surface area contributed by atoms with Crippen LogP contribution in [0.15, 0.2) is 34.7 Å². The molecule has 1 aromatic heterocycles. The minimum absolute atomic E-state index is 0.711. The summed E-state index contributed by atoms with van der Waals surface area (Å²) >= 11 is 0. The van der Waals surface area contributed by atoms with Gasteiger partial charge in [0, 0.05) is 18.7 Å². The van der Waals surface area contributed by atoms with Crippen LogP contribution in [0.4, 0.5) is 0 Å². The molecule has 0 bridgehead atoms. The first-order valence-corrected chi connectivity index (χ1v) is 6.91. The van der Waals surface area contributed by atoms with Gasteiger partial charge in [0.25, 0.3) is 0 Å². The van der Waals surface area contributed by atoms with Gasteiger partial charge in [0.2, 0.25) is 5.89 Å². The molecular weight excluding hydrogens is 248 g/mol. The third kappa shape index (κ3) is 1.74. The van der Waals surface area contributed by atoms with E-state index in [1.165, 1.54) is 16.7 Å². The summed E-state index contributed by atoms with van der Waals surface area (Å²) in [6.45, 7) is 6.04. The molecule has 0 unspecified atom stereocenters. The first-order valence-electron chi connectivity index (χ1n) is 6.91. The van der Waals surface area contributed by atoms with Crippen LogP contribution in [0.1, 0.15) is 22.3 Å². The summed E-state index contributed by atoms with van der Waals surface area (Å²) in [7, 11) is 0. The number of nitrogens with one attached hydrogen (secondary N) is 1. The van der Waals surface area contributed by atoms with Crippen LogP contribution in [0.5, 0.6) is 0 Å². The highest BCUT2D eigenvalue weighted by atomic mass is 16.3. The Morgan fingerprint density at radius 3 is 2.80 bits per heavy atom. The van der Waals surface area contributed by atoms with Crippen LogP contribution in [-0.2, 0) is 13.1 Å². The average molecular weight is 264 g/mol. The van der Waals surface area contributed by atoms with E-state index in [2.05, 4.69) is 54.5 Å². The first kappa shape index (κ1) is 11.7. The molecule has 2 heterocycles. The van der Waals surface area contributed by atoms with Crippen molar-refractivity contribution in [3.63, 3.8) is 0 Å². The maximum absolute atomic E-state index is 5.97. The van der Waals surface area contributed by atoms with Gasteiger partial charge in [-0.25, -0.2) is 4.98 Å². The van der Waals surface area contributed by atoms with Gasteiger partial charge >= 0.3 is 0 Å². The fourth-order valence-corrected chi connectivity index (χ4v) is 2.93.